The molecule has 20 heavy (non-hydrogen) atoms. The molecule has 0 bridgehead atoms. The normalized spacial score (nSPS) is 26.5. The lowest BCUT2D eigenvalue weighted by molar-refractivity contribution is 0.343. The fourth-order valence-electron chi connectivity index (χ4n) is 3.35. The van der Waals surface area contributed by atoms with Gasteiger partial charge in [-0.3, -0.25) is 9.36 Å². The highest BCUT2D eigenvalue weighted by Crippen LogP contribution is 2.39. The van der Waals surface area contributed by atoms with Crippen LogP contribution in [0.1, 0.15) is 43.2 Å². The molecule has 0 saturated heterocycles. The molecule has 1 saturated carbocycles. The zero-order valence-electron chi connectivity index (χ0n) is 12.3. The highest BCUT2D eigenvalue weighted by molar-refractivity contribution is 7.71. The van der Waals surface area contributed by atoms with Crippen LogP contribution in [0, 0.1) is 30.5 Å². The van der Waals surface area contributed by atoms with Crippen LogP contribution in [0.3, 0.4) is 0 Å². The van der Waals surface area contributed by atoms with Gasteiger partial charge in [0.2, 0.25) is 0 Å². The molecular weight excluding hydrogens is 288 g/mol. The van der Waals surface area contributed by atoms with E-state index in [0.29, 0.717) is 16.6 Å². The van der Waals surface area contributed by atoms with Gasteiger partial charge in [0.15, 0.2) is 4.77 Å². The van der Waals surface area contributed by atoms with E-state index in [9.17, 15) is 4.79 Å². The van der Waals surface area contributed by atoms with E-state index < -0.39 is 0 Å². The molecule has 3 nitrogen and oxygen atoms in total. The Balaban J connectivity index is 2.29. The maximum atomic E-state index is 12.9. The van der Waals surface area contributed by atoms with Crippen LogP contribution in [0.4, 0.5) is 0 Å². The van der Waals surface area contributed by atoms with Gasteiger partial charge in [0, 0.05) is 10.9 Å². The second-order valence-electron chi connectivity index (χ2n) is 6.07. The number of hydrogen-bond donors (Lipinski definition) is 1. The van der Waals surface area contributed by atoms with Crippen LogP contribution in [0.5, 0.6) is 0 Å². The van der Waals surface area contributed by atoms with Gasteiger partial charge in [-0.1, -0.05) is 13.8 Å². The van der Waals surface area contributed by atoms with E-state index in [-0.39, 0.29) is 11.6 Å². The first-order valence-electron chi connectivity index (χ1n) is 7.16. The van der Waals surface area contributed by atoms with Crippen LogP contribution in [-0.2, 0) is 0 Å². The Hall–Kier alpha value is -0.940. The summed E-state index contributed by atoms with van der Waals surface area (Å²) in [6.45, 7) is 8.58. The van der Waals surface area contributed by atoms with Gasteiger partial charge >= 0.3 is 0 Å². The number of aromatic nitrogens is 2. The van der Waals surface area contributed by atoms with Crippen molar-refractivity contribution in [3.8, 4) is 0 Å². The number of rotatable bonds is 1. The molecule has 3 atom stereocenters. The molecule has 2 heterocycles. The Kier molecular flexibility index (Phi) is 3.37. The second-order valence-corrected chi connectivity index (χ2v) is 7.69. The number of nitrogens with zero attached hydrogens (tertiary/aromatic N) is 1. The summed E-state index contributed by atoms with van der Waals surface area (Å²) in [4.78, 5) is 18.3. The van der Waals surface area contributed by atoms with Gasteiger partial charge in [0.1, 0.15) is 4.83 Å². The van der Waals surface area contributed by atoms with Crippen molar-refractivity contribution in [3.63, 3.8) is 0 Å². The van der Waals surface area contributed by atoms with Crippen LogP contribution in [0.15, 0.2) is 4.79 Å². The molecule has 2 aromatic rings. The number of nitrogens with one attached hydrogen (secondary N) is 1. The lowest BCUT2D eigenvalue weighted by Crippen LogP contribution is -2.28. The van der Waals surface area contributed by atoms with E-state index in [4.69, 9.17) is 12.2 Å². The zero-order chi connectivity index (χ0) is 14.6. The van der Waals surface area contributed by atoms with E-state index in [1.54, 1.807) is 11.3 Å². The second kappa shape index (κ2) is 4.81. The third kappa shape index (κ3) is 1.91. The van der Waals surface area contributed by atoms with Crippen molar-refractivity contribution < 1.29 is 0 Å². The molecule has 3 rings (SSSR count). The van der Waals surface area contributed by atoms with Gasteiger partial charge in [-0.2, -0.15) is 0 Å². The number of fused-ring (bicyclic) bond motifs is 1. The summed E-state index contributed by atoms with van der Waals surface area (Å²) < 4.78 is 2.42. The molecule has 1 N–H and O–H groups in total. The smallest absolute Gasteiger partial charge is 0.263 e. The van der Waals surface area contributed by atoms with E-state index in [1.165, 1.54) is 11.3 Å². The molecule has 2 aromatic heterocycles. The molecule has 1 aliphatic rings. The Bertz CT molecular complexity index is 783. The van der Waals surface area contributed by atoms with Gasteiger partial charge in [-0.15, -0.1) is 11.3 Å². The molecule has 1 fully saturated rings. The van der Waals surface area contributed by atoms with Gasteiger partial charge < -0.3 is 4.98 Å². The van der Waals surface area contributed by atoms with Gasteiger partial charge in [0.05, 0.1) is 5.39 Å². The minimum absolute atomic E-state index is 0.0940. The quantitative estimate of drug-likeness (QED) is 0.796. The number of thiophene rings is 1. The standard InChI is InChI=1S/C15H20N2OS2/c1-7-5-6-11(8(7)2)17-14(18)12-9(3)10(4)20-13(12)16-15(17)19/h7-8,11H,5-6H2,1-4H3,(H,16,19). The SMILES string of the molecule is Cc1sc2[nH]c(=S)n(C3CCC(C)C3C)c(=O)c2c1C. The molecule has 5 heteroatoms. The highest BCUT2D eigenvalue weighted by Gasteiger charge is 2.32. The summed E-state index contributed by atoms with van der Waals surface area (Å²) in [5.41, 5.74) is 1.19. The predicted octanol–water partition coefficient (Wildman–Crippen LogP) is 4.34. The number of hydrogen-bond acceptors (Lipinski definition) is 3. The third-order valence-corrected chi connectivity index (χ3v) is 6.43. The molecule has 0 amide bonds. The average molecular weight is 308 g/mol. The lowest BCUT2D eigenvalue weighted by atomic mass is 9.97. The first-order valence-corrected chi connectivity index (χ1v) is 8.38. The topological polar surface area (TPSA) is 37.8 Å². The van der Waals surface area contributed by atoms with E-state index >= 15 is 0 Å². The van der Waals surface area contributed by atoms with Crippen molar-refractivity contribution in [2.75, 3.05) is 0 Å². The molecule has 1 aliphatic carbocycles. The fourth-order valence-corrected chi connectivity index (χ4v) is 4.78. The summed E-state index contributed by atoms with van der Waals surface area (Å²) >= 11 is 7.09. The minimum Gasteiger partial charge on any atom is -0.323 e. The Labute approximate surface area is 127 Å². The van der Waals surface area contributed by atoms with Crippen LogP contribution in [0.25, 0.3) is 10.2 Å². The number of aryl methyl sites for hydroxylation is 2. The van der Waals surface area contributed by atoms with Crippen LogP contribution in [-0.4, -0.2) is 9.55 Å². The summed E-state index contributed by atoms with van der Waals surface area (Å²) in [7, 11) is 0. The molecule has 0 radical (unpaired) electrons. The summed E-state index contributed by atoms with van der Waals surface area (Å²) in [5.74, 6) is 1.16. The van der Waals surface area contributed by atoms with E-state index in [2.05, 4.69) is 25.8 Å². The molecule has 0 aromatic carbocycles. The van der Waals surface area contributed by atoms with Crippen LogP contribution < -0.4 is 5.56 Å². The number of H-pyrrole nitrogens is 1. The highest BCUT2D eigenvalue weighted by atomic mass is 32.1. The Morgan fingerprint density at radius 3 is 2.60 bits per heavy atom. The summed E-state index contributed by atoms with van der Waals surface area (Å²) in [6, 6.07) is 0.241. The fraction of sp³-hybridized carbons (Fsp3) is 0.600. The predicted molar refractivity (Wildman–Crippen MR) is 87.3 cm³/mol. The van der Waals surface area contributed by atoms with Crippen molar-refractivity contribution in [3.05, 3.63) is 25.6 Å². The number of aromatic amines is 1. The largest absolute Gasteiger partial charge is 0.323 e. The van der Waals surface area contributed by atoms with Gasteiger partial charge in [-0.05, 0) is 56.3 Å². The van der Waals surface area contributed by atoms with Crippen molar-refractivity contribution >= 4 is 33.8 Å². The molecule has 0 spiro atoms. The van der Waals surface area contributed by atoms with Gasteiger partial charge in [0.25, 0.3) is 5.56 Å². The Morgan fingerprint density at radius 2 is 2.00 bits per heavy atom. The molecule has 108 valence electrons. The van der Waals surface area contributed by atoms with Crippen molar-refractivity contribution in [1.82, 2.24) is 9.55 Å². The monoisotopic (exact) mass is 308 g/mol. The molecule has 3 unspecified atom stereocenters. The zero-order valence-corrected chi connectivity index (χ0v) is 14.0. The van der Waals surface area contributed by atoms with Gasteiger partial charge in [-0.25, -0.2) is 0 Å². The minimum atomic E-state index is 0.0940. The maximum absolute atomic E-state index is 12.9. The first-order chi connectivity index (χ1) is 9.41. The van der Waals surface area contributed by atoms with E-state index in [0.717, 1.165) is 22.2 Å². The lowest BCUT2D eigenvalue weighted by Gasteiger charge is -2.21. The van der Waals surface area contributed by atoms with Crippen LogP contribution in [0.2, 0.25) is 0 Å². The van der Waals surface area contributed by atoms with Crippen molar-refractivity contribution in [2.45, 2.75) is 46.6 Å². The van der Waals surface area contributed by atoms with Crippen molar-refractivity contribution in [1.29, 1.82) is 0 Å². The van der Waals surface area contributed by atoms with Crippen LogP contribution >= 0.6 is 23.6 Å². The maximum Gasteiger partial charge on any atom is 0.263 e. The van der Waals surface area contributed by atoms with E-state index in [1.807, 2.05) is 11.5 Å². The summed E-state index contributed by atoms with van der Waals surface area (Å²) in [5, 5.41) is 0.827. The first kappa shape index (κ1) is 14.0. The summed E-state index contributed by atoms with van der Waals surface area (Å²) in [6.07, 6.45) is 2.22. The molecular formula is C15H20N2OS2. The molecule has 0 aliphatic heterocycles. The Morgan fingerprint density at radius 1 is 1.30 bits per heavy atom. The van der Waals surface area contributed by atoms with Crippen molar-refractivity contribution in [2.24, 2.45) is 11.8 Å². The average Bonchev–Trinajstić information content (AvgIpc) is 2.84. The third-order valence-electron chi connectivity index (χ3n) is 5.01.